The Morgan fingerprint density at radius 3 is 3.11 bits per heavy atom. The largest absolute Gasteiger partial charge is 0.384 e. The predicted octanol–water partition coefficient (Wildman–Crippen LogP) is 0.334. The fourth-order valence-electron chi connectivity index (χ4n) is 1.86. The molecule has 5 nitrogen and oxygen atoms in total. The van der Waals surface area contributed by atoms with Gasteiger partial charge >= 0.3 is 0 Å². The van der Waals surface area contributed by atoms with E-state index in [2.05, 4.69) is 22.1 Å². The maximum Gasteiger partial charge on any atom is 0.270 e. The molecule has 1 aliphatic heterocycles. The van der Waals surface area contributed by atoms with E-state index in [9.17, 15) is 4.79 Å². The summed E-state index contributed by atoms with van der Waals surface area (Å²) in [4.78, 5) is 16.0. The molecule has 1 fully saturated rings. The lowest BCUT2D eigenvalue weighted by atomic mass is 10.1. The Balaban J connectivity index is 1.95. The van der Waals surface area contributed by atoms with Crippen molar-refractivity contribution in [3.05, 3.63) is 29.6 Å². The zero-order valence-corrected chi connectivity index (χ0v) is 10.6. The zero-order chi connectivity index (χ0) is 13.5. The molecule has 0 aromatic carbocycles. The van der Waals surface area contributed by atoms with Crippen LogP contribution in [0.2, 0.25) is 0 Å². The number of pyridine rings is 1. The van der Waals surface area contributed by atoms with Crippen molar-refractivity contribution >= 4 is 5.91 Å². The standard InChI is InChI=1S/C14H16N2O3/c17-7-1-3-11-5-6-13(15-9-11)14(18)16-12-4-2-8-19-10-12/h5-6,9,12,17H,2,4,7-8,10H2,(H,16,18). The Morgan fingerprint density at radius 1 is 1.58 bits per heavy atom. The minimum atomic E-state index is -0.197. The molecule has 1 unspecified atom stereocenters. The highest BCUT2D eigenvalue weighted by molar-refractivity contribution is 5.92. The number of amides is 1. The molecule has 2 rings (SSSR count). The van der Waals surface area contributed by atoms with Crippen LogP contribution in [-0.4, -0.2) is 41.9 Å². The lowest BCUT2D eigenvalue weighted by molar-refractivity contribution is 0.0622. The average molecular weight is 260 g/mol. The first kappa shape index (κ1) is 13.5. The summed E-state index contributed by atoms with van der Waals surface area (Å²) in [6, 6.07) is 3.40. The molecule has 0 bridgehead atoms. The van der Waals surface area contributed by atoms with Crippen LogP contribution in [0.25, 0.3) is 0 Å². The van der Waals surface area contributed by atoms with E-state index in [-0.39, 0.29) is 18.6 Å². The first-order valence-electron chi connectivity index (χ1n) is 6.24. The van der Waals surface area contributed by atoms with Gasteiger partial charge in [-0.15, -0.1) is 0 Å². The van der Waals surface area contributed by atoms with E-state index in [0.29, 0.717) is 17.9 Å². The molecule has 1 saturated heterocycles. The molecule has 1 aromatic heterocycles. The summed E-state index contributed by atoms with van der Waals surface area (Å²) in [5.41, 5.74) is 1.03. The van der Waals surface area contributed by atoms with Crippen LogP contribution in [0, 0.1) is 11.8 Å². The van der Waals surface area contributed by atoms with Crippen molar-refractivity contribution < 1.29 is 14.6 Å². The number of aliphatic hydroxyl groups is 1. The summed E-state index contributed by atoms with van der Waals surface area (Å²) in [6.45, 7) is 1.14. The SMILES string of the molecule is O=C(NC1CCCOC1)c1ccc(C#CCO)cn1. The van der Waals surface area contributed by atoms with Crippen LogP contribution >= 0.6 is 0 Å². The first-order chi connectivity index (χ1) is 9.29. The Hall–Kier alpha value is -1.90. The van der Waals surface area contributed by atoms with Crippen molar-refractivity contribution in [2.24, 2.45) is 0 Å². The number of nitrogens with one attached hydrogen (secondary N) is 1. The number of hydrogen-bond acceptors (Lipinski definition) is 4. The Bertz CT molecular complexity index is 482. The molecule has 2 heterocycles. The third kappa shape index (κ3) is 4.05. The molecule has 5 heteroatoms. The summed E-state index contributed by atoms with van der Waals surface area (Å²) >= 11 is 0. The van der Waals surface area contributed by atoms with E-state index in [1.165, 1.54) is 6.20 Å². The van der Waals surface area contributed by atoms with Crippen molar-refractivity contribution in [3.8, 4) is 11.8 Å². The normalized spacial score (nSPS) is 18.3. The second-order valence-corrected chi connectivity index (χ2v) is 4.28. The van der Waals surface area contributed by atoms with Gasteiger partial charge in [0.2, 0.25) is 0 Å². The van der Waals surface area contributed by atoms with Gasteiger partial charge in [0.15, 0.2) is 0 Å². The van der Waals surface area contributed by atoms with Gasteiger partial charge in [-0.05, 0) is 25.0 Å². The van der Waals surface area contributed by atoms with Crippen molar-refractivity contribution in [3.63, 3.8) is 0 Å². The third-order valence-electron chi connectivity index (χ3n) is 2.80. The lowest BCUT2D eigenvalue weighted by Crippen LogP contribution is -2.40. The average Bonchev–Trinajstić information content (AvgIpc) is 2.46. The highest BCUT2D eigenvalue weighted by atomic mass is 16.5. The van der Waals surface area contributed by atoms with Crippen LogP contribution in [0.4, 0.5) is 0 Å². The number of hydrogen-bond donors (Lipinski definition) is 2. The number of nitrogens with zero attached hydrogens (tertiary/aromatic N) is 1. The molecular formula is C14H16N2O3. The van der Waals surface area contributed by atoms with Gasteiger partial charge < -0.3 is 15.2 Å². The first-order valence-corrected chi connectivity index (χ1v) is 6.24. The van der Waals surface area contributed by atoms with Crippen LogP contribution in [0.5, 0.6) is 0 Å². The molecule has 1 aromatic rings. The summed E-state index contributed by atoms with van der Waals surface area (Å²) in [6.07, 6.45) is 3.43. The lowest BCUT2D eigenvalue weighted by Gasteiger charge is -2.22. The topological polar surface area (TPSA) is 71.5 Å². The number of aromatic nitrogens is 1. The molecular weight excluding hydrogens is 244 g/mol. The molecule has 2 N–H and O–H groups in total. The number of carbonyl (C=O) groups is 1. The smallest absolute Gasteiger partial charge is 0.270 e. The van der Waals surface area contributed by atoms with E-state index in [0.717, 1.165) is 19.4 Å². The minimum absolute atomic E-state index is 0.0666. The molecule has 1 amide bonds. The van der Waals surface area contributed by atoms with Crippen molar-refractivity contribution in [2.45, 2.75) is 18.9 Å². The summed E-state index contributed by atoms with van der Waals surface area (Å²) in [7, 11) is 0. The van der Waals surface area contributed by atoms with Crippen LogP contribution in [0.1, 0.15) is 28.9 Å². The van der Waals surface area contributed by atoms with Gasteiger partial charge in [0.1, 0.15) is 12.3 Å². The number of ether oxygens (including phenoxy) is 1. The van der Waals surface area contributed by atoms with E-state index < -0.39 is 0 Å². The summed E-state index contributed by atoms with van der Waals surface area (Å²) < 4.78 is 5.31. The van der Waals surface area contributed by atoms with Crippen LogP contribution < -0.4 is 5.32 Å². The highest BCUT2D eigenvalue weighted by Crippen LogP contribution is 2.07. The second-order valence-electron chi connectivity index (χ2n) is 4.28. The van der Waals surface area contributed by atoms with Gasteiger partial charge in [0.25, 0.3) is 5.91 Å². The number of aliphatic hydroxyl groups excluding tert-OH is 1. The van der Waals surface area contributed by atoms with Gasteiger partial charge in [-0.1, -0.05) is 11.8 Å². The maximum absolute atomic E-state index is 11.9. The number of carbonyl (C=O) groups excluding carboxylic acids is 1. The van der Waals surface area contributed by atoms with E-state index in [4.69, 9.17) is 9.84 Å². The van der Waals surface area contributed by atoms with Crippen molar-refractivity contribution in [1.82, 2.24) is 10.3 Å². The van der Waals surface area contributed by atoms with Crippen LogP contribution in [0.15, 0.2) is 18.3 Å². The molecule has 0 aliphatic carbocycles. The van der Waals surface area contributed by atoms with Gasteiger partial charge in [-0.3, -0.25) is 4.79 Å². The molecule has 0 spiro atoms. The Morgan fingerprint density at radius 2 is 2.47 bits per heavy atom. The fourth-order valence-corrected chi connectivity index (χ4v) is 1.86. The fraction of sp³-hybridized carbons (Fsp3) is 0.429. The molecule has 0 radical (unpaired) electrons. The van der Waals surface area contributed by atoms with E-state index in [1.54, 1.807) is 12.1 Å². The predicted molar refractivity (Wildman–Crippen MR) is 69.5 cm³/mol. The van der Waals surface area contributed by atoms with Gasteiger partial charge in [-0.25, -0.2) is 4.98 Å². The monoisotopic (exact) mass is 260 g/mol. The molecule has 100 valence electrons. The minimum Gasteiger partial charge on any atom is -0.384 e. The molecule has 0 saturated carbocycles. The van der Waals surface area contributed by atoms with Gasteiger partial charge in [-0.2, -0.15) is 0 Å². The van der Waals surface area contributed by atoms with Crippen molar-refractivity contribution in [2.75, 3.05) is 19.8 Å². The maximum atomic E-state index is 11.9. The van der Waals surface area contributed by atoms with Crippen LogP contribution in [-0.2, 0) is 4.74 Å². The van der Waals surface area contributed by atoms with Crippen molar-refractivity contribution in [1.29, 1.82) is 0 Å². The Kier molecular flexibility index (Phi) is 4.90. The zero-order valence-electron chi connectivity index (χ0n) is 10.6. The third-order valence-corrected chi connectivity index (χ3v) is 2.80. The van der Waals surface area contributed by atoms with Gasteiger partial charge in [0, 0.05) is 18.4 Å². The van der Waals surface area contributed by atoms with Gasteiger partial charge in [0.05, 0.1) is 12.6 Å². The Labute approximate surface area is 112 Å². The molecule has 19 heavy (non-hydrogen) atoms. The quantitative estimate of drug-likeness (QED) is 0.752. The van der Waals surface area contributed by atoms with E-state index >= 15 is 0 Å². The summed E-state index contributed by atoms with van der Waals surface area (Å²) in [5, 5.41) is 11.5. The summed E-state index contributed by atoms with van der Waals surface area (Å²) in [5.74, 6) is 5.06. The van der Waals surface area contributed by atoms with E-state index in [1.807, 2.05) is 0 Å². The molecule has 1 aliphatic rings. The highest BCUT2D eigenvalue weighted by Gasteiger charge is 2.17. The molecule has 1 atom stereocenters. The van der Waals surface area contributed by atoms with Crippen LogP contribution in [0.3, 0.4) is 0 Å². The number of rotatable bonds is 2. The second kappa shape index (κ2) is 6.88.